The first-order valence-electron chi connectivity index (χ1n) is 6.99. The van der Waals surface area contributed by atoms with E-state index in [1.165, 1.54) is 0 Å². The Labute approximate surface area is 134 Å². The number of anilines is 1. The monoisotopic (exact) mass is 328 g/mol. The minimum absolute atomic E-state index is 0.0664. The maximum atomic E-state index is 12.7. The second-order valence-electron chi connectivity index (χ2n) is 5.30. The summed E-state index contributed by atoms with van der Waals surface area (Å²) in [6.07, 6.45) is 1.07. The average Bonchev–Trinajstić information content (AvgIpc) is 2.56. The van der Waals surface area contributed by atoms with Crippen LogP contribution in [-0.2, 0) is 9.59 Å². The van der Waals surface area contributed by atoms with Crippen molar-refractivity contribution in [2.75, 3.05) is 11.4 Å². The van der Waals surface area contributed by atoms with Gasteiger partial charge in [0.25, 0.3) is 0 Å². The normalized spacial score (nSPS) is 21.0. The predicted octanol–water partition coefficient (Wildman–Crippen LogP) is 3.26. The van der Waals surface area contributed by atoms with Crippen molar-refractivity contribution < 1.29 is 9.59 Å². The maximum absolute atomic E-state index is 12.7. The van der Waals surface area contributed by atoms with E-state index >= 15 is 0 Å². The number of nitrogens with zero attached hydrogens (tertiary/aromatic N) is 1. The van der Waals surface area contributed by atoms with E-state index < -0.39 is 6.04 Å². The molecule has 2 unspecified atom stereocenters. The van der Waals surface area contributed by atoms with Gasteiger partial charge in [-0.05, 0) is 24.1 Å². The Hall–Kier alpha value is -1.26. The highest BCUT2D eigenvalue weighted by atomic mass is 35.5. The third-order valence-corrected chi connectivity index (χ3v) is 4.22. The third kappa shape index (κ3) is 3.69. The summed E-state index contributed by atoms with van der Waals surface area (Å²) in [5.41, 5.74) is 0.627. The van der Waals surface area contributed by atoms with E-state index in [1.807, 2.05) is 13.8 Å². The summed E-state index contributed by atoms with van der Waals surface area (Å²) in [6.45, 7) is 4.28. The van der Waals surface area contributed by atoms with Crippen LogP contribution in [0, 0.1) is 5.92 Å². The predicted molar refractivity (Wildman–Crippen MR) is 84.8 cm³/mol. The van der Waals surface area contributed by atoms with Crippen LogP contribution in [0.3, 0.4) is 0 Å². The van der Waals surface area contributed by atoms with Crippen molar-refractivity contribution in [2.45, 2.75) is 32.7 Å². The van der Waals surface area contributed by atoms with Gasteiger partial charge in [0.15, 0.2) is 0 Å². The zero-order valence-corrected chi connectivity index (χ0v) is 13.5. The molecule has 1 heterocycles. The van der Waals surface area contributed by atoms with Crippen LogP contribution in [-0.4, -0.2) is 24.4 Å². The lowest BCUT2D eigenvalue weighted by atomic mass is 9.98. The van der Waals surface area contributed by atoms with Crippen molar-refractivity contribution in [2.24, 2.45) is 5.92 Å². The highest BCUT2D eigenvalue weighted by Crippen LogP contribution is 2.27. The van der Waals surface area contributed by atoms with E-state index in [-0.39, 0.29) is 24.2 Å². The summed E-state index contributed by atoms with van der Waals surface area (Å²) < 4.78 is 0. The molecule has 6 heteroatoms. The van der Waals surface area contributed by atoms with Crippen LogP contribution in [0.2, 0.25) is 10.0 Å². The first-order chi connectivity index (χ1) is 9.92. The van der Waals surface area contributed by atoms with Gasteiger partial charge in [-0.1, -0.05) is 43.5 Å². The van der Waals surface area contributed by atoms with Gasteiger partial charge in [0.1, 0.15) is 6.04 Å². The molecule has 1 fully saturated rings. The molecule has 1 aromatic carbocycles. The molecular weight excluding hydrogens is 311 g/mol. The summed E-state index contributed by atoms with van der Waals surface area (Å²) in [5, 5.41) is 3.75. The van der Waals surface area contributed by atoms with E-state index in [4.69, 9.17) is 23.2 Å². The zero-order valence-electron chi connectivity index (χ0n) is 12.0. The van der Waals surface area contributed by atoms with E-state index in [9.17, 15) is 9.59 Å². The van der Waals surface area contributed by atoms with Crippen molar-refractivity contribution in [3.8, 4) is 0 Å². The van der Waals surface area contributed by atoms with Gasteiger partial charge in [0.05, 0.1) is 0 Å². The molecule has 0 saturated carbocycles. The van der Waals surface area contributed by atoms with Crippen LogP contribution in [0.5, 0.6) is 0 Å². The summed E-state index contributed by atoms with van der Waals surface area (Å²) in [5.74, 6) is -0.158. The molecule has 2 rings (SSSR count). The molecule has 0 bridgehead atoms. The smallest absolute Gasteiger partial charge is 0.249 e. The van der Waals surface area contributed by atoms with Crippen LogP contribution in [0.25, 0.3) is 0 Å². The Morgan fingerprint density at radius 2 is 1.90 bits per heavy atom. The largest absolute Gasteiger partial charge is 0.344 e. The molecule has 1 aromatic rings. The van der Waals surface area contributed by atoms with Gasteiger partial charge >= 0.3 is 0 Å². The van der Waals surface area contributed by atoms with E-state index in [0.717, 1.165) is 6.42 Å². The van der Waals surface area contributed by atoms with Gasteiger partial charge in [-0.3, -0.25) is 9.59 Å². The third-order valence-electron chi connectivity index (χ3n) is 3.78. The Kier molecular flexibility index (Phi) is 5.12. The second-order valence-corrected chi connectivity index (χ2v) is 6.17. The van der Waals surface area contributed by atoms with Crippen molar-refractivity contribution in [3.05, 3.63) is 28.2 Å². The molecule has 0 aromatic heterocycles. The van der Waals surface area contributed by atoms with Crippen LogP contribution >= 0.6 is 23.2 Å². The Bertz CT molecular complexity index is 542. The number of carbonyl (C=O) groups excluding carboxylic acids is 2. The highest BCUT2D eigenvalue weighted by molar-refractivity contribution is 6.35. The Morgan fingerprint density at radius 3 is 2.48 bits per heavy atom. The van der Waals surface area contributed by atoms with Crippen molar-refractivity contribution >= 4 is 40.7 Å². The first-order valence-corrected chi connectivity index (χ1v) is 7.74. The molecule has 4 nitrogen and oxygen atoms in total. The lowest BCUT2D eigenvalue weighted by molar-refractivity contribution is -0.126. The molecule has 1 saturated heterocycles. The molecule has 21 heavy (non-hydrogen) atoms. The summed E-state index contributed by atoms with van der Waals surface area (Å²) >= 11 is 12.0. The van der Waals surface area contributed by atoms with Crippen molar-refractivity contribution in [1.82, 2.24) is 5.32 Å². The summed E-state index contributed by atoms with van der Waals surface area (Å²) in [7, 11) is 0. The molecule has 2 atom stereocenters. The van der Waals surface area contributed by atoms with E-state index in [1.54, 1.807) is 23.1 Å². The van der Waals surface area contributed by atoms with Crippen LogP contribution in [0.15, 0.2) is 18.2 Å². The Balaban J connectivity index is 2.37. The van der Waals surface area contributed by atoms with Gasteiger partial charge in [0, 0.05) is 28.7 Å². The van der Waals surface area contributed by atoms with Crippen LogP contribution < -0.4 is 10.2 Å². The Morgan fingerprint density at radius 1 is 1.29 bits per heavy atom. The van der Waals surface area contributed by atoms with Crippen molar-refractivity contribution in [3.63, 3.8) is 0 Å². The molecule has 114 valence electrons. The average molecular weight is 329 g/mol. The molecule has 0 spiro atoms. The minimum Gasteiger partial charge on any atom is -0.344 e. The lowest BCUT2D eigenvalue weighted by Gasteiger charge is -2.27. The fraction of sp³-hybridized carbons (Fsp3) is 0.467. The molecule has 0 aliphatic carbocycles. The molecule has 1 aliphatic rings. The molecule has 1 N–H and O–H groups in total. The summed E-state index contributed by atoms with van der Waals surface area (Å²) in [6, 6.07) is 4.48. The summed E-state index contributed by atoms with van der Waals surface area (Å²) in [4.78, 5) is 26.2. The molecule has 2 amide bonds. The second kappa shape index (κ2) is 6.67. The maximum Gasteiger partial charge on any atom is 0.249 e. The fourth-order valence-electron chi connectivity index (χ4n) is 2.37. The van der Waals surface area contributed by atoms with Gasteiger partial charge in [-0.2, -0.15) is 0 Å². The number of rotatable bonds is 3. The van der Waals surface area contributed by atoms with Gasteiger partial charge < -0.3 is 10.2 Å². The number of nitrogens with one attached hydrogen (secondary N) is 1. The minimum atomic E-state index is -0.511. The number of benzene rings is 1. The van der Waals surface area contributed by atoms with Crippen LogP contribution in [0.1, 0.15) is 26.7 Å². The quantitative estimate of drug-likeness (QED) is 0.925. The first kappa shape index (κ1) is 16.1. The molecular formula is C15H18Cl2N2O2. The van der Waals surface area contributed by atoms with E-state index in [0.29, 0.717) is 22.3 Å². The fourth-order valence-corrected chi connectivity index (χ4v) is 2.89. The number of halogens is 2. The zero-order chi connectivity index (χ0) is 15.6. The van der Waals surface area contributed by atoms with Gasteiger partial charge in [-0.25, -0.2) is 0 Å². The van der Waals surface area contributed by atoms with Gasteiger partial charge in [0.2, 0.25) is 11.8 Å². The number of carbonyl (C=O) groups is 2. The van der Waals surface area contributed by atoms with Crippen LogP contribution in [0.4, 0.5) is 5.69 Å². The highest BCUT2D eigenvalue weighted by Gasteiger charge is 2.33. The number of hydrogen-bond acceptors (Lipinski definition) is 2. The molecule has 1 aliphatic heterocycles. The lowest BCUT2D eigenvalue weighted by Crippen LogP contribution is -2.48. The topological polar surface area (TPSA) is 49.4 Å². The molecule has 0 radical (unpaired) electrons. The standard InChI is InChI=1S/C15H18Cl2N2O2/c1-3-9(2)14-15(21)19(5-4-13(20)18-14)12-7-10(16)6-11(17)8-12/h6-9,14H,3-5H2,1-2H3,(H,18,20). The van der Waals surface area contributed by atoms with E-state index in [2.05, 4.69) is 5.32 Å². The SMILES string of the molecule is CCC(C)C1NC(=O)CCN(c2cc(Cl)cc(Cl)c2)C1=O. The van der Waals surface area contributed by atoms with Crippen molar-refractivity contribution in [1.29, 1.82) is 0 Å². The van der Waals surface area contributed by atoms with Gasteiger partial charge in [-0.15, -0.1) is 0 Å². The number of amides is 2. The number of hydrogen-bond donors (Lipinski definition) is 1.